The van der Waals surface area contributed by atoms with Crippen molar-refractivity contribution in [2.45, 2.75) is 0 Å². The van der Waals surface area contributed by atoms with Gasteiger partial charge in [0.1, 0.15) is 0 Å². The highest BCUT2D eigenvalue weighted by Crippen LogP contribution is 2.23. The van der Waals surface area contributed by atoms with Gasteiger partial charge in [-0.3, -0.25) is 4.79 Å². The van der Waals surface area contributed by atoms with Crippen molar-refractivity contribution in [2.75, 3.05) is 0 Å². The maximum Gasteiger partial charge on any atom is 0.336 e. The van der Waals surface area contributed by atoms with E-state index in [1.807, 2.05) is 12.1 Å². The molecule has 22 heavy (non-hydrogen) atoms. The Labute approximate surface area is 131 Å². The van der Waals surface area contributed by atoms with Crippen LogP contribution in [0.3, 0.4) is 0 Å². The van der Waals surface area contributed by atoms with Gasteiger partial charge in [-0.15, -0.1) is 0 Å². The van der Waals surface area contributed by atoms with Crippen LogP contribution in [0.2, 0.25) is 5.02 Å². The second-order valence-corrected chi connectivity index (χ2v) is 5.32. The van der Waals surface area contributed by atoms with Crippen LogP contribution in [0, 0.1) is 0 Å². The summed E-state index contributed by atoms with van der Waals surface area (Å²) in [5.74, 6) is -1.44. The molecule has 3 aromatic carbocycles. The van der Waals surface area contributed by atoms with E-state index < -0.39 is 5.97 Å². The van der Waals surface area contributed by atoms with E-state index in [4.69, 9.17) is 11.6 Å². The molecule has 0 aliphatic carbocycles. The molecule has 0 spiro atoms. The number of hydrogen-bond donors (Lipinski definition) is 1. The molecule has 0 heterocycles. The average Bonchev–Trinajstić information content (AvgIpc) is 2.53. The maximum atomic E-state index is 12.6. The Morgan fingerprint density at radius 1 is 0.818 bits per heavy atom. The summed E-state index contributed by atoms with van der Waals surface area (Å²) in [6.45, 7) is 0. The van der Waals surface area contributed by atoms with Gasteiger partial charge in [-0.05, 0) is 35.0 Å². The Balaban J connectivity index is 2.11. The summed E-state index contributed by atoms with van der Waals surface area (Å²) in [5.41, 5.74) is 0.610. The first-order valence-corrected chi connectivity index (χ1v) is 7.00. The van der Waals surface area contributed by atoms with E-state index in [0.29, 0.717) is 10.6 Å². The average molecular weight is 311 g/mol. The quantitative estimate of drug-likeness (QED) is 0.728. The van der Waals surface area contributed by atoms with Crippen molar-refractivity contribution < 1.29 is 14.7 Å². The molecular formula is C18H11ClO3. The number of hydrogen-bond acceptors (Lipinski definition) is 2. The lowest BCUT2D eigenvalue weighted by Gasteiger charge is -2.06. The predicted octanol–water partition coefficient (Wildman–Crippen LogP) is 4.42. The number of carboxylic acids is 1. The van der Waals surface area contributed by atoms with Gasteiger partial charge >= 0.3 is 5.97 Å². The lowest BCUT2D eigenvalue weighted by molar-refractivity contribution is 0.0693. The molecule has 1 N–H and O–H groups in total. The second-order valence-electron chi connectivity index (χ2n) is 4.89. The van der Waals surface area contributed by atoms with Gasteiger partial charge in [0.2, 0.25) is 0 Å². The van der Waals surface area contributed by atoms with E-state index in [1.165, 1.54) is 12.1 Å². The Morgan fingerprint density at radius 2 is 1.50 bits per heavy atom. The second kappa shape index (κ2) is 5.62. The highest BCUT2D eigenvalue weighted by molar-refractivity contribution is 6.31. The largest absolute Gasteiger partial charge is 0.478 e. The van der Waals surface area contributed by atoms with Crippen LogP contribution in [-0.2, 0) is 0 Å². The van der Waals surface area contributed by atoms with Crippen LogP contribution in [0.4, 0.5) is 0 Å². The summed E-state index contributed by atoms with van der Waals surface area (Å²) < 4.78 is 0. The molecule has 0 atom stereocenters. The van der Waals surface area contributed by atoms with Gasteiger partial charge in [0, 0.05) is 16.1 Å². The van der Waals surface area contributed by atoms with Crippen LogP contribution in [0.15, 0.2) is 60.7 Å². The molecule has 0 unspecified atom stereocenters. The van der Waals surface area contributed by atoms with Crippen LogP contribution in [0.25, 0.3) is 10.8 Å². The van der Waals surface area contributed by atoms with Gasteiger partial charge in [-0.1, -0.05) is 48.0 Å². The first-order chi connectivity index (χ1) is 10.6. The molecule has 0 aliphatic rings. The zero-order chi connectivity index (χ0) is 15.7. The molecule has 3 nitrogen and oxygen atoms in total. The lowest BCUT2D eigenvalue weighted by Crippen LogP contribution is -2.09. The number of aromatic carboxylic acids is 1. The number of carbonyl (C=O) groups is 2. The zero-order valence-electron chi connectivity index (χ0n) is 11.4. The van der Waals surface area contributed by atoms with Crippen LogP contribution in [-0.4, -0.2) is 16.9 Å². The SMILES string of the molecule is O=C(O)c1ccccc1C(=O)c1ccc2ccc(Cl)cc2c1. The highest BCUT2D eigenvalue weighted by atomic mass is 35.5. The van der Waals surface area contributed by atoms with E-state index in [2.05, 4.69) is 0 Å². The van der Waals surface area contributed by atoms with Gasteiger partial charge in [0.25, 0.3) is 0 Å². The third-order valence-electron chi connectivity index (χ3n) is 3.47. The van der Waals surface area contributed by atoms with Crippen LogP contribution < -0.4 is 0 Å². The molecule has 0 fully saturated rings. The first kappa shape index (κ1) is 14.3. The minimum absolute atomic E-state index is 0.00121. The summed E-state index contributed by atoms with van der Waals surface area (Å²) in [6.07, 6.45) is 0. The summed E-state index contributed by atoms with van der Waals surface area (Å²) in [6, 6.07) is 16.9. The van der Waals surface area contributed by atoms with E-state index in [0.717, 1.165) is 10.8 Å². The summed E-state index contributed by atoms with van der Waals surface area (Å²) >= 11 is 5.97. The van der Waals surface area contributed by atoms with Crippen molar-refractivity contribution in [1.82, 2.24) is 0 Å². The molecule has 4 heteroatoms. The molecule has 0 saturated carbocycles. The van der Waals surface area contributed by atoms with E-state index in [1.54, 1.807) is 36.4 Å². The third kappa shape index (κ3) is 2.59. The number of fused-ring (bicyclic) bond motifs is 1. The normalized spacial score (nSPS) is 10.6. The van der Waals surface area contributed by atoms with Crippen LogP contribution >= 0.6 is 11.6 Å². The lowest BCUT2D eigenvalue weighted by atomic mass is 9.96. The van der Waals surface area contributed by atoms with Crippen molar-refractivity contribution in [2.24, 2.45) is 0 Å². The minimum atomic E-state index is -1.12. The fraction of sp³-hybridized carbons (Fsp3) is 0. The van der Waals surface area contributed by atoms with Crippen molar-refractivity contribution >= 4 is 34.1 Å². The highest BCUT2D eigenvalue weighted by Gasteiger charge is 2.17. The van der Waals surface area contributed by atoms with Crippen molar-refractivity contribution in [1.29, 1.82) is 0 Å². The fourth-order valence-electron chi connectivity index (χ4n) is 2.38. The minimum Gasteiger partial charge on any atom is -0.478 e. The first-order valence-electron chi connectivity index (χ1n) is 6.62. The van der Waals surface area contributed by atoms with Crippen molar-refractivity contribution in [3.05, 3.63) is 82.4 Å². The molecule has 0 radical (unpaired) electrons. The molecule has 3 aromatic rings. The smallest absolute Gasteiger partial charge is 0.336 e. The molecular weight excluding hydrogens is 300 g/mol. The summed E-state index contributed by atoms with van der Waals surface area (Å²) in [4.78, 5) is 23.8. The number of carboxylic acid groups (broad SMARTS) is 1. The molecule has 0 bridgehead atoms. The van der Waals surface area contributed by atoms with E-state index in [9.17, 15) is 14.7 Å². The Hall–Kier alpha value is -2.65. The molecule has 0 amide bonds. The fourth-order valence-corrected chi connectivity index (χ4v) is 2.56. The number of benzene rings is 3. The molecule has 108 valence electrons. The van der Waals surface area contributed by atoms with Crippen molar-refractivity contribution in [3.8, 4) is 0 Å². The van der Waals surface area contributed by atoms with Gasteiger partial charge in [0.15, 0.2) is 5.78 Å². The standard InChI is InChI=1S/C18H11ClO3/c19-14-8-7-11-5-6-12(9-13(11)10-14)17(20)15-3-1-2-4-16(15)18(21)22/h1-10H,(H,21,22). The number of rotatable bonds is 3. The van der Waals surface area contributed by atoms with Gasteiger partial charge in [0.05, 0.1) is 5.56 Å². The van der Waals surface area contributed by atoms with Crippen molar-refractivity contribution in [3.63, 3.8) is 0 Å². The van der Waals surface area contributed by atoms with Gasteiger partial charge in [-0.25, -0.2) is 4.79 Å². The Morgan fingerprint density at radius 3 is 2.23 bits per heavy atom. The molecule has 0 saturated heterocycles. The topological polar surface area (TPSA) is 54.4 Å². The van der Waals surface area contributed by atoms with E-state index >= 15 is 0 Å². The monoisotopic (exact) mass is 310 g/mol. The molecule has 0 aliphatic heterocycles. The number of carbonyl (C=O) groups excluding carboxylic acids is 1. The number of ketones is 1. The van der Waals surface area contributed by atoms with Crippen LogP contribution in [0.1, 0.15) is 26.3 Å². The molecule has 3 rings (SSSR count). The summed E-state index contributed by atoms with van der Waals surface area (Å²) in [5, 5.41) is 11.6. The zero-order valence-corrected chi connectivity index (χ0v) is 12.2. The Kier molecular flexibility index (Phi) is 3.65. The summed E-state index contributed by atoms with van der Waals surface area (Å²) in [7, 11) is 0. The van der Waals surface area contributed by atoms with Crippen LogP contribution in [0.5, 0.6) is 0 Å². The third-order valence-corrected chi connectivity index (χ3v) is 3.70. The predicted molar refractivity (Wildman–Crippen MR) is 85.8 cm³/mol. The Bertz CT molecular complexity index is 900. The van der Waals surface area contributed by atoms with E-state index in [-0.39, 0.29) is 16.9 Å². The maximum absolute atomic E-state index is 12.6. The van der Waals surface area contributed by atoms with Gasteiger partial charge < -0.3 is 5.11 Å². The molecule has 0 aromatic heterocycles. The van der Waals surface area contributed by atoms with Gasteiger partial charge in [-0.2, -0.15) is 0 Å². The number of halogens is 1.